The fraction of sp³-hybridized carbons (Fsp3) is 0.400. The Morgan fingerprint density at radius 1 is 1.00 bits per heavy atom. The van der Waals surface area contributed by atoms with E-state index in [9.17, 15) is 4.79 Å². The zero-order valence-electron chi connectivity index (χ0n) is 19.4. The summed E-state index contributed by atoms with van der Waals surface area (Å²) < 4.78 is 24.0. The molecular weight excluding hydrogens is 408 g/mol. The standard InChI is InChI=1S/C25H30N2O5/c1-14(16-11-21(30-4)24(32-6)22(12-16)31-5)26-25(28)23-15(2)27(17-7-8-17)20-10-9-18(29-3)13-19(20)23/h9-14,17H,7-8H2,1-6H3,(H,26,28)/t14-/m1/s1. The van der Waals surface area contributed by atoms with Crippen LogP contribution in [-0.4, -0.2) is 38.9 Å². The second-order valence-corrected chi connectivity index (χ2v) is 8.10. The van der Waals surface area contributed by atoms with Crippen LogP contribution in [0.4, 0.5) is 0 Å². The average molecular weight is 439 g/mol. The highest BCUT2D eigenvalue weighted by atomic mass is 16.5. The van der Waals surface area contributed by atoms with Crippen molar-refractivity contribution in [1.82, 2.24) is 9.88 Å². The molecule has 1 aromatic heterocycles. The fourth-order valence-electron chi connectivity index (χ4n) is 4.34. The number of nitrogens with one attached hydrogen (secondary N) is 1. The number of rotatable bonds is 8. The first-order valence-electron chi connectivity index (χ1n) is 10.7. The molecule has 1 aliphatic rings. The fourth-order valence-corrected chi connectivity index (χ4v) is 4.34. The van der Waals surface area contributed by atoms with Gasteiger partial charge in [0.1, 0.15) is 5.75 Å². The van der Waals surface area contributed by atoms with Crippen LogP contribution in [-0.2, 0) is 0 Å². The zero-order valence-corrected chi connectivity index (χ0v) is 19.4. The van der Waals surface area contributed by atoms with Crippen LogP contribution in [0.3, 0.4) is 0 Å². The molecule has 4 rings (SSSR count). The summed E-state index contributed by atoms with van der Waals surface area (Å²) >= 11 is 0. The van der Waals surface area contributed by atoms with Gasteiger partial charge in [0.25, 0.3) is 5.91 Å². The molecule has 1 saturated carbocycles. The zero-order chi connectivity index (χ0) is 23.0. The Balaban J connectivity index is 1.71. The maximum absolute atomic E-state index is 13.5. The Morgan fingerprint density at radius 2 is 1.66 bits per heavy atom. The molecule has 0 saturated heterocycles. The van der Waals surface area contributed by atoms with Crippen molar-refractivity contribution in [2.45, 2.75) is 38.8 Å². The van der Waals surface area contributed by atoms with Crippen LogP contribution < -0.4 is 24.3 Å². The van der Waals surface area contributed by atoms with E-state index >= 15 is 0 Å². The molecule has 1 amide bonds. The van der Waals surface area contributed by atoms with Crippen LogP contribution in [0.5, 0.6) is 23.0 Å². The predicted octanol–water partition coefficient (Wildman–Crippen LogP) is 4.81. The van der Waals surface area contributed by atoms with E-state index < -0.39 is 0 Å². The number of hydrogen-bond acceptors (Lipinski definition) is 5. The summed E-state index contributed by atoms with van der Waals surface area (Å²) in [5, 5.41) is 4.06. The number of amides is 1. The van der Waals surface area contributed by atoms with Crippen LogP contribution in [0.1, 0.15) is 53.5 Å². The lowest BCUT2D eigenvalue weighted by Crippen LogP contribution is -2.27. The molecule has 0 radical (unpaired) electrons. The van der Waals surface area contributed by atoms with Gasteiger partial charge in [-0.3, -0.25) is 4.79 Å². The van der Waals surface area contributed by atoms with E-state index in [0.29, 0.717) is 28.9 Å². The molecule has 7 heteroatoms. The van der Waals surface area contributed by atoms with Gasteiger partial charge in [-0.2, -0.15) is 0 Å². The molecule has 3 aromatic rings. The summed E-state index contributed by atoms with van der Waals surface area (Å²) in [5.74, 6) is 2.23. The van der Waals surface area contributed by atoms with E-state index in [-0.39, 0.29) is 11.9 Å². The minimum Gasteiger partial charge on any atom is -0.497 e. The summed E-state index contributed by atoms with van der Waals surface area (Å²) in [6, 6.07) is 9.83. The lowest BCUT2D eigenvalue weighted by Gasteiger charge is -2.19. The molecule has 170 valence electrons. The predicted molar refractivity (Wildman–Crippen MR) is 123 cm³/mol. The summed E-state index contributed by atoms with van der Waals surface area (Å²) in [7, 11) is 6.36. The Hall–Kier alpha value is -3.35. The largest absolute Gasteiger partial charge is 0.497 e. The topological polar surface area (TPSA) is 71.0 Å². The van der Waals surface area contributed by atoms with E-state index in [1.807, 2.05) is 44.2 Å². The van der Waals surface area contributed by atoms with Crippen LogP contribution in [0.2, 0.25) is 0 Å². The number of nitrogens with zero attached hydrogens (tertiary/aromatic N) is 1. The van der Waals surface area contributed by atoms with E-state index in [4.69, 9.17) is 18.9 Å². The van der Waals surface area contributed by atoms with Crippen LogP contribution in [0, 0.1) is 6.92 Å². The summed E-state index contributed by atoms with van der Waals surface area (Å²) in [5.41, 5.74) is 3.58. The van der Waals surface area contributed by atoms with Crippen molar-refractivity contribution in [2.24, 2.45) is 0 Å². The third-order valence-corrected chi connectivity index (χ3v) is 6.13. The summed E-state index contributed by atoms with van der Waals surface area (Å²) in [6.07, 6.45) is 2.28. The van der Waals surface area contributed by atoms with Gasteiger partial charge in [0.2, 0.25) is 5.75 Å². The van der Waals surface area contributed by atoms with Gasteiger partial charge in [-0.15, -0.1) is 0 Å². The smallest absolute Gasteiger partial charge is 0.254 e. The van der Waals surface area contributed by atoms with Gasteiger partial charge in [0.05, 0.1) is 40.0 Å². The van der Waals surface area contributed by atoms with Crippen LogP contribution >= 0.6 is 0 Å². The SMILES string of the molecule is COc1ccc2c(c1)c(C(=O)N[C@H](C)c1cc(OC)c(OC)c(OC)c1)c(C)n2C1CC1. The van der Waals surface area contributed by atoms with Crippen molar-refractivity contribution in [1.29, 1.82) is 0 Å². The van der Waals surface area contributed by atoms with E-state index in [0.717, 1.165) is 40.8 Å². The van der Waals surface area contributed by atoms with Crippen molar-refractivity contribution in [3.8, 4) is 23.0 Å². The first kappa shape index (κ1) is 21.9. The molecule has 1 heterocycles. The Kier molecular flexibility index (Phi) is 5.91. The van der Waals surface area contributed by atoms with Crippen molar-refractivity contribution in [3.05, 3.63) is 47.2 Å². The maximum Gasteiger partial charge on any atom is 0.254 e. The van der Waals surface area contributed by atoms with Crippen molar-refractivity contribution < 1.29 is 23.7 Å². The first-order valence-corrected chi connectivity index (χ1v) is 10.7. The van der Waals surface area contributed by atoms with Gasteiger partial charge in [0, 0.05) is 22.6 Å². The second kappa shape index (κ2) is 8.65. The molecule has 1 fully saturated rings. The highest BCUT2D eigenvalue weighted by molar-refractivity contribution is 6.09. The normalized spacial score (nSPS) is 14.2. The number of carbonyl (C=O) groups excluding carboxylic acids is 1. The van der Waals surface area contributed by atoms with Crippen LogP contribution in [0.25, 0.3) is 10.9 Å². The minimum absolute atomic E-state index is 0.124. The molecule has 2 aromatic carbocycles. The molecule has 0 bridgehead atoms. The Bertz CT molecular complexity index is 1140. The molecule has 32 heavy (non-hydrogen) atoms. The number of methoxy groups -OCH3 is 4. The monoisotopic (exact) mass is 438 g/mol. The second-order valence-electron chi connectivity index (χ2n) is 8.10. The first-order chi connectivity index (χ1) is 15.4. The van der Waals surface area contributed by atoms with E-state index in [1.165, 1.54) is 0 Å². The number of carbonyl (C=O) groups is 1. The lowest BCUT2D eigenvalue weighted by atomic mass is 10.0. The van der Waals surface area contributed by atoms with Gasteiger partial charge >= 0.3 is 0 Å². The molecule has 0 aliphatic heterocycles. The number of benzene rings is 2. The summed E-state index contributed by atoms with van der Waals surface area (Å²) in [4.78, 5) is 13.5. The number of aromatic nitrogens is 1. The van der Waals surface area contributed by atoms with E-state index in [1.54, 1.807) is 28.4 Å². The highest BCUT2D eigenvalue weighted by Gasteiger charge is 2.31. The molecule has 0 spiro atoms. The Labute approximate surface area is 188 Å². The van der Waals surface area contributed by atoms with Crippen molar-refractivity contribution in [2.75, 3.05) is 28.4 Å². The number of fused-ring (bicyclic) bond motifs is 1. The molecule has 1 atom stereocenters. The Morgan fingerprint density at radius 3 is 2.19 bits per heavy atom. The summed E-state index contributed by atoms with van der Waals surface area (Å²) in [6.45, 7) is 3.96. The third kappa shape index (κ3) is 3.72. The molecular formula is C25H30N2O5. The van der Waals surface area contributed by atoms with Gasteiger partial charge < -0.3 is 28.8 Å². The van der Waals surface area contributed by atoms with Crippen molar-refractivity contribution in [3.63, 3.8) is 0 Å². The lowest BCUT2D eigenvalue weighted by molar-refractivity contribution is 0.0940. The molecule has 7 nitrogen and oxygen atoms in total. The maximum atomic E-state index is 13.5. The van der Waals surface area contributed by atoms with Crippen molar-refractivity contribution >= 4 is 16.8 Å². The van der Waals surface area contributed by atoms with Gasteiger partial charge in [0.15, 0.2) is 11.5 Å². The molecule has 0 unspecified atom stereocenters. The van der Waals surface area contributed by atoms with Gasteiger partial charge in [-0.25, -0.2) is 0 Å². The minimum atomic E-state index is -0.277. The average Bonchev–Trinajstić information content (AvgIpc) is 3.59. The third-order valence-electron chi connectivity index (χ3n) is 6.13. The van der Waals surface area contributed by atoms with Gasteiger partial charge in [-0.05, 0) is 62.6 Å². The van der Waals surface area contributed by atoms with Gasteiger partial charge in [-0.1, -0.05) is 0 Å². The van der Waals surface area contributed by atoms with E-state index in [2.05, 4.69) is 9.88 Å². The highest BCUT2D eigenvalue weighted by Crippen LogP contribution is 2.42. The molecule has 1 aliphatic carbocycles. The van der Waals surface area contributed by atoms with Crippen LogP contribution in [0.15, 0.2) is 30.3 Å². The molecule has 1 N–H and O–H groups in total. The number of hydrogen-bond donors (Lipinski definition) is 1. The number of ether oxygens (including phenoxy) is 4. The quantitative estimate of drug-likeness (QED) is 0.547.